The molecule has 0 N–H and O–H groups in total. The lowest BCUT2D eigenvalue weighted by Crippen LogP contribution is -2.36. The predicted octanol–water partition coefficient (Wildman–Crippen LogP) is 3.97. The fraction of sp³-hybridized carbons (Fsp3) is 0.417. The molecule has 1 heterocycles. The number of carbonyl (C=O) groups excluding carboxylic acids is 1. The van der Waals surface area contributed by atoms with Gasteiger partial charge in [0.05, 0.1) is 29.3 Å². The molecule has 198 valence electrons. The van der Waals surface area contributed by atoms with Crippen LogP contribution in [0.5, 0.6) is 11.5 Å². The third-order valence-corrected chi connectivity index (χ3v) is 8.68. The van der Waals surface area contributed by atoms with Crippen LogP contribution < -0.4 is 14.4 Å². The number of halogens is 1. The summed E-state index contributed by atoms with van der Waals surface area (Å²) in [5.41, 5.74) is 1.09. The van der Waals surface area contributed by atoms with Gasteiger partial charge in [-0.25, -0.2) is 13.4 Å². The van der Waals surface area contributed by atoms with Crippen LogP contribution in [-0.2, 0) is 10.0 Å². The Bertz CT molecular complexity index is 1230. The summed E-state index contributed by atoms with van der Waals surface area (Å²) in [4.78, 5) is 22.0. The van der Waals surface area contributed by atoms with Gasteiger partial charge in [-0.05, 0) is 38.4 Å². The number of amides is 1. The van der Waals surface area contributed by atoms with Crippen LogP contribution in [0.25, 0.3) is 10.2 Å². The van der Waals surface area contributed by atoms with E-state index in [2.05, 4.69) is 0 Å². The molecule has 3 rings (SSSR count). The lowest BCUT2D eigenvalue weighted by Gasteiger charge is -2.22. The molecule has 1 aromatic heterocycles. The Morgan fingerprint density at radius 1 is 0.972 bits per heavy atom. The van der Waals surface area contributed by atoms with Gasteiger partial charge in [0.25, 0.3) is 5.91 Å². The second kappa shape index (κ2) is 12.7. The van der Waals surface area contributed by atoms with Gasteiger partial charge in [-0.15, -0.1) is 12.4 Å². The molecule has 0 aliphatic rings. The topological polar surface area (TPSA) is 92.3 Å². The molecule has 1 amide bonds. The molecule has 9 nitrogen and oxygen atoms in total. The summed E-state index contributed by atoms with van der Waals surface area (Å²) in [5.74, 6) is 0.899. The molecule has 0 aliphatic carbocycles. The van der Waals surface area contributed by atoms with E-state index >= 15 is 0 Å². The van der Waals surface area contributed by atoms with E-state index in [1.165, 1.54) is 27.8 Å². The summed E-state index contributed by atoms with van der Waals surface area (Å²) in [6.07, 6.45) is 0. The van der Waals surface area contributed by atoms with Crippen LogP contribution in [0, 0.1) is 0 Å². The van der Waals surface area contributed by atoms with Crippen molar-refractivity contribution in [1.82, 2.24) is 14.2 Å². The molecule has 0 atom stereocenters. The highest BCUT2D eigenvalue weighted by Crippen LogP contribution is 2.37. The number of sulfonamides is 1. The van der Waals surface area contributed by atoms with Crippen molar-refractivity contribution in [3.63, 3.8) is 0 Å². The number of fused-ring (bicyclic) bond motifs is 1. The molecule has 0 fully saturated rings. The maximum atomic E-state index is 13.6. The number of anilines is 1. The number of likely N-dealkylation sites (N-methyl/N-ethyl adjacent to an activating group) is 1. The van der Waals surface area contributed by atoms with Crippen molar-refractivity contribution >= 4 is 55.0 Å². The number of benzene rings is 2. The molecule has 0 aliphatic heterocycles. The summed E-state index contributed by atoms with van der Waals surface area (Å²) in [6, 6.07) is 9.71. The molecule has 0 spiro atoms. The van der Waals surface area contributed by atoms with Crippen molar-refractivity contribution in [1.29, 1.82) is 0 Å². The number of hydrogen-bond acceptors (Lipinski definition) is 8. The first-order valence-electron chi connectivity index (χ1n) is 11.3. The summed E-state index contributed by atoms with van der Waals surface area (Å²) in [7, 11) is 3.40. The summed E-state index contributed by atoms with van der Waals surface area (Å²) in [5, 5.41) is 0.544. The minimum Gasteiger partial charge on any atom is -0.493 e. The Balaban J connectivity index is 0.00000456. The number of hydrogen-bond donors (Lipinski definition) is 0. The minimum absolute atomic E-state index is 0. The Kier molecular flexibility index (Phi) is 10.5. The van der Waals surface area contributed by atoms with Crippen molar-refractivity contribution in [2.24, 2.45) is 0 Å². The van der Waals surface area contributed by atoms with Crippen LogP contribution in [0.4, 0.5) is 5.13 Å². The molecule has 0 bridgehead atoms. The summed E-state index contributed by atoms with van der Waals surface area (Å²) in [6.45, 7) is 5.40. The van der Waals surface area contributed by atoms with Crippen molar-refractivity contribution in [2.75, 3.05) is 59.4 Å². The second-order valence-electron chi connectivity index (χ2n) is 8.05. The molecular formula is C24H33ClN4O5S2. The van der Waals surface area contributed by atoms with Crippen LogP contribution >= 0.6 is 23.7 Å². The number of nitrogens with zero attached hydrogens (tertiary/aromatic N) is 4. The first kappa shape index (κ1) is 29.8. The summed E-state index contributed by atoms with van der Waals surface area (Å²) < 4.78 is 38.6. The molecule has 2 aromatic carbocycles. The predicted molar refractivity (Wildman–Crippen MR) is 147 cm³/mol. The van der Waals surface area contributed by atoms with Crippen molar-refractivity contribution in [2.45, 2.75) is 18.7 Å². The average molecular weight is 557 g/mol. The van der Waals surface area contributed by atoms with E-state index < -0.39 is 10.0 Å². The van der Waals surface area contributed by atoms with Gasteiger partial charge in [-0.3, -0.25) is 9.69 Å². The average Bonchev–Trinajstić information content (AvgIpc) is 3.26. The SMILES string of the molecule is CCN(CC)S(=O)(=O)c1ccc(C(=O)N(CCN(C)C)c2nc3cc(OC)c(OC)cc3s2)cc1.Cl. The first-order valence-corrected chi connectivity index (χ1v) is 13.5. The third kappa shape index (κ3) is 6.27. The molecular weight excluding hydrogens is 524 g/mol. The van der Waals surface area contributed by atoms with E-state index in [1.54, 1.807) is 51.2 Å². The van der Waals surface area contributed by atoms with E-state index in [9.17, 15) is 13.2 Å². The number of carbonyl (C=O) groups is 1. The van der Waals surface area contributed by atoms with E-state index in [0.29, 0.717) is 53.9 Å². The van der Waals surface area contributed by atoms with E-state index in [1.807, 2.05) is 25.1 Å². The normalized spacial score (nSPS) is 11.6. The lowest BCUT2D eigenvalue weighted by atomic mass is 10.2. The van der Waals surface area contributed by atoms with Crippen molar-refractivity contribution < 1.29 is 22.7 Å². The van der Waals surface area contributed by atoms with Crippen LogP contribution in [0.3, 0.4) is 0 Å². The molecule has 0 radical (unpaired) electrons. The number of aromatic nitrogens is 1. The molecule has 3 aromatic rings. The highest BCUT2D eigenvalue weighted by Gasteiger charge is 2.25. The van der Waals surface area contributed by atoms with Crippen LogP contribution in [0.1, 0.15) is 24.2 Å². The smallest absolute Gasteiger partial charge is 0.260 e. The molecule has 0 unspecified atom stereocenters. The largest absolute Gasteiger partial charge is 0.493 e. The van der Waals surface area contributed by atoms with Crippen molar-refractivity contribution in [3.05, 3.63) is 42.0 Å². The van der Waals surface area contributed by atoms with E-state index in [0.717, 1.165) is 4.70 Å². The van der Waals surface area contributed by atoms with Gasteiger partial charge in [-0.1, -0.05) is 25.2 Å². The van der Waals surface area contributed by atoms with E-state index in [4.69, 9.17) is 14.5 Å². The molecule has 12 heteroatoms. The van der Waals surface area contributed by atoms with Gasteiger partial charge in [0, 0.05) is 43.9 Å². The Labute approximate surface area is 223 Å². The van der Waals surface area contributed by atoms with Gasteiger partial charge < -0.3 is 14.4 Å². The standard InChI is InChI=1S/C24H32N4O5S2.ClH/c1-7-27(8-2)35(30,31)18-11-9-17(10-12-18)23(29)28(14-13-26(3)4)24-25-19-15-20(32-5)21(33-6)16-22(19)34-24;/h9-12,15-16H,7-8,13-14H2,1-6H3;1H. The zero-order valence-electron chi connectivity index (χ0n) is 21.3. The highest BCUT2D eigenvalue weighted by atomic mass is 35.5. The highest BCUT2D eigenvalue weighted by molar-refractivity contribution is 7.89. The molecule has 0 saturated carbocycles. The minimum atomic E-state index is -3.60. The van der Waals surface area contributed by atoms with Gasteiger partial charge in [0.15, 0.2) is 16.6 Å². The zero-order valence-corrected chi connectivity index (χ0v) is 23.8. The Morgan fingerprint density at radius 3 is 2.08 bits per heavy atom. The Hall–Kier alpha value is -2.44. The van der Waals surface area contributed by atoms with Crippen LogP contribution in [0.2, 0.25) is 0 Å². The summed E-state index contributed by atoms with van der Waals surface area (Å²) >= 11 is 1.38. The van der Waals surface area contributed by atoms with E-state index in [-0.39, 0.29) is 23.2 Å². The second-order valence-corrected chi connectivity index (χ2v) is 11.0. The Morgan fingerprint density at radius 2 is 1.56 bits per heavy atom. The monoisotopic (exact) mass is 556 g/mol. The molecule has 0 saturated heterocycles. The van der Waals surface area contributed by atoms with Crippen LogP contribution in [-0.4, -0.2) is 83.0 Å². The maximum Gasteiger partial charge on any atom is 0.260 e. The third-order valence-electron chi connectivity index (χ3n) is 5.57. The zero-order chi connectivity index (χ0) is 25.8. The number of thiazole rings is 1. The first-order chi connectivity index (χ1) is 16.7. The fourth-order valence-corrected chi connectivity index (χ4v) is 6.04. The number of rotatable bonds is 11. The number of ether oxygens (including phenoxy) is 2. The molecule has 36 heavy (non-hydrogen) atoms. The number of methoxy groups -OCH3 is 2. The van der Waals surface area contributed by atoms with Gasteiger partial charge in [0.1, 0.15) is 0 Å². The maximum absolute atomic E-state index is 13.6. The van der Waals surface area contributed by atoms with Crippen molar-refractivity contribution in [3.8, 4) is 11.5 Å². The van der Waals surface area contributed by atoms with Crippen LogP contribution in [0.15, 0.2) is 41.3 Å². The fourth-order valence-electron chi connectivity index (χ4n) is 3.58. The lowest BCUT2D eigenvalue weighted by molar-refractivity contribution is 0.0985. The van der Waals surface area contributed by atoms with Gasteiger partial charge in [-0.2, -0.15) is 4.31 Å². The van der Waals surface area contributed by atoms with Gasteiger partial charge in [0.2, 0.25) is 10.0 Å². The quantitative estimate of drug-likeness (QED) is 0.353. The van der Waals surface area contributed by atoms with Gasteiger partial charge >= 0.3 is 0 Å².